The molecule has 0 aromatic heterocycles. The lowest BCUT2D eigenvalue weighted by molar-refractivity contribution is 0.483. The summed E-state index contributed by atoms with van der Waals surface area (Å²) in [6.07, 6.45) is 0. The van der Waals surface area contributed by atoms with Crippen LogP contribution < -0.4 is 0 Å². The molecule has 5 nitrogen and oxygen atoms in total. The molecule has 23 heavy (non-hydrogen) atoms. The lowest BCUT2D eigenvalue weighted by atomic mass is 10.00. The minimum absolute atomic E-state index is 0.244. The van der Waals surface area contributed by atoms with E-state index in [1.807, 2.05) is 5.40 Å². The fourth-order valence-corrected chi connectivity index (χ4v) is 3.46. The van der Waals surface area contributed by atoms with Crippen LogP contribution in [0, 0.1) is 17.6 Å². The number of hydrogen-bond acceptors (Lipinski definition) is 6. The minimum Gasteiger partial charge on any atom is -0.282 e. The zero-order valence-corrected chi connectivity index (χ0v) is 14.3. The average Bonchev–Trinajstić information content (AvgIpc) is 2.47. The molecule has 1 N–H and O–H groups in total. The highest BCUT2D eigenvalue weighted by molar-refractivity contribution is 8.03. The second-order valence-corrected chi connectivity index (χ2v) is 6.96. The van der Waals surface area contributed by atoms with Crippen LogP contribution in [0.1, 0.15) is 5.56 Å². The molecule has 0 saturated heterocycles. The number of thiocyanates is 1. The largest absolute Gasteiger partial charge is 0.295 e. The normalized spacial score (nSPS) is 10.7. The maximum Gasteiger partial charge on any atom is 0.295 e. The third kappa shape index (κ3) is 4.05. The molecule has 0 bridgehead atoms. The Hall–Kier alpha value is -2.01. The van der Waals surface area contributed by atoms with Crippen LogP contribution in [-0.2, 0) is 10.1 Å². The predicted molar refractivity (Wildman–Crippen MR) is 92.6 cm³/mol. The van der Waals surface area contributed by atoms with Crippen molar-refractivity contribution in [2.24, 2.45) is 4.99 Å². The summed E-state index contributed by atoms with van der Waals surface area (Å²) in [5.41, 5.74) is 2.35. The zero-order valence-electron chi connectivity index (χ0n) is 11.8. The number of rotatable bonds is 4. The van der Waals surface area contributed by atoms with Gasteiger partial charge in [-0.1, -0.05) is 12.1 Å². The van der Waals surface area contributed by atoms with Gasteiger partial charge in [0.1, 0.15) is 10.3 Å². The molecule has 2 aromatic rings. The molecule has 2 rings (SSSR count). The molecular weight excluding hydrogens is 352 g/mol. The third-order valence-corrected chi connectivity index (χ3v) is 4.64. The van der Waals surface area contributed by atoms with Gasteiger partial charge < -0.3 is 0 Å². The first-order chi connectivity index (χ1) is 10.9. The van der Waals surface area contributed by atoms with E-state index in [1.165, 1.54) is 6.07 Å². The van der Waals surface area contributed by atoms with Gasteiger partial charge in [0.05, 0.1) is 10.8 Å². The molecule has 2 aromatic carbocycles. The first-order valence-electron chi connectivity index (χ1n) is 6.23. The summed E-state index contributed by atoms with van der Waals surface area (Å²) in [4.78, 5) is 4.06. The summed E-state index contributed by atoms with van der Waals surface area (Å²) in [5.74, 6) is 0. The Morgan fingerprint density at radius 1 is 1.22 bits per heavy atom. The first-order valence-corrected chi connectivity index (χ1v) is 8.89. The number of aryl methyl sites for hydroxylation is 1. The van der Waals surface area contributed by atoms with Gasteiger partial charge in [-0.05, 0) is 66.3 Å². The molecular formula is C15H10N2O3S3. The lowest BCUT2D eigenvalue weighted by Crippen LogP contribution is -2.01. The van der Waals surface area contributed by atoms with Gasteiger partial charge in [-0.2, -0.15) is 18.7 Å². The van der Waals surface area contributed by atoms with Crippen molar-refractivity contribution in [1.29, 1.82) is 5.26 Å². The fraction of sp³-hybridized carbons (Fsp3) is 0.0667. The Morgan fingerprint density at radius 3 is 2.48 bits per heavy atom. The van der Waals surface area contributed by atoms with Crippen molar-refractivity contribution in [3.8, 4) is 16.5 Å². The summed E-state index contributed by atoms with van der Waals surface area (Å²) in [6, 6.07) is 9.57. The van der Waals surface area contributed by atoms with E-state index in [9.17, 15) is 13.0 Å². The Bertz CT molecular complexity index is 956. The van der Waals surface area contributed by atoms with Gasteiger partial charge in [0.2, 0.25) is 0 Å². The van der Waals surface area contributed by atoms with E-state index < -0.39 is 10.1 Å². The van der Waals surface area contributed by atoms with Crippen molar-refractivity contribution in [2.75, 3.05) is 0 Å². The van der Waals surface area contributed by atoms with Gasteiger partial charge >= 0.3 is 0 Å². The molecule has 116 valence electrons. The molecule has 0 saturated carbocycles. The number of thiocarbonyl (C=S) groups is 1. The molecule has 0 atom stereocenters. The van der Waals surface area contributed by atoms with Gasteiger partial charge in [0, 0.05) is 10.5 Å². The van der Waals surface area contributed by atoms with Crippen LogP contribution in [-0.4, -0.2) is 18.1 Å². The number of aliphatic imine (C=N–C) groups is 1. The van der Waals surface area contributed by atoms with Crippen LogP contribution in [0.25, 0.3) is 11.1 Å². The van der Waals surface area contributed by atoms with Crippen molar-refractivity contribution in [1.82, 2.24) is 0 Å². The van der Waals surface area contributed by atoms with Gasteiger partial charge in [0.25, 0.3) is 10.1 Å². The van der Waals surface area contributed by atoms with Gasteiger partial charge in [-0.3, -0.25) is 4.55 Å². The van der Waals surface area contributed by atoms with E-state index in [0.717, 1.165) is 17.3 Å². The minimum atomic E-state index is -4.43. The molecule has 0 aliphatic rings. The highest BCUT2D eigenvalue weighted by atomic mass is 32.2. The quantitative estimate of drug-likeness (QED) is 0.288. The van der Waals surface area contributed by atoms with Crippen LogP contribution in [0.4, 0.5) is 5.69 Å². The summed E-state index contributed by atoms with van der Waals surface area (Å²) >= 11 is 5.37. The second kappa shape index (κ2) is 7.04. The SMILES string of the molecule is Cc1cc(N=C=S)ccc1-c1ccc(SC#N)cc1S(=O)(=O)O. The number of benzene rings is 2. The highest BCUT2D eigenvalue weighted by Gasteiger charge is 2.19. The molecule has 0 unspecified atom stereocenters. The molecule has 0 spiro atoms. The van der Waals surface area contributed by atoms with Crippen LogP contribution in [0.15, 0.2) is 51.2 Å². The van der Waals surface area contributed by atoms with Gasteiger partial charge in [0.15, 0.2) is 0 Å². The Labute approximate surface area is 143 Å². The molecule has 0 radical (unpaired) electrons. The van der Waals surface area contributed by atoms with E-state index in [4.69, 9.17) is 5.26 Å². The summed E-state index contributed by atoms with van der Waals surface area (Å²) in [7, 11) is -4.43. The maximum atomic E-state index is 11.7. The van der Waals surface area contributed by atoms with Crippen LogP contribution >= 0.6 is 24.0 Å². The Balaban J connectivity index is 2.68. The van der Waals surface area contributed by atoms with Crippen LogP contribution in [0.2, 0.25) is 0 Å². The first kappa shape index (κ1) is 17.3. The smallest absolute Gasteiger partial charge is 0.282 e. The third-order valence-electron chi connectivity index (χ3n) is 3.07. The predicted octanol–water partition coefficient (Wildman–Crippen LogP) is 4.22. The molecule has 0 heterocycles. The van der Waals surface area contributed by atoms with Crippen LogP contribution in [0.5, 0.6) is 0 Å². The molecule has 0 aliphatic carbocycles. The lowest BCUT2D eigenvalue weighted by Gasteiger charge is -2.11. The zero-order chi connectivity index (χ0) is 17.0. The molecule has 8 heteroatoms. The van der Waals surface area contributed by atoms with Crippen molar-refractivity contribution < 1.29 is 13.0 Å². The van der Waals surface area contributed by atoms with E-state index in [1.54, 1.807) is 37.3 Å². The summed E-state index contributed by atoms with van der Waals surface area (Å²) in [5, 5.41) is 12.8. The van der Waals surface area contributed by atoms with Crippen molar-refractivity contribution >= 4 is 44.9 Å². The van der Waals surface area contributed by atoms with Gasteiger partial charge in [-0.25, -0.2) is 0 Å². The van der Waals surface area contributed by atoms with E-state index in [0.29, 0.717) is 21.7 Å². The Morgan fingerprint density at radius 2 is 1.91 bits per heavy atom. The number of nitriles is 1. The second-order valence-electron chi connectivity index (χ2n) is 4.53. The van der Waals surface area contributed by atoms with Crippen molar-refractivity contribution in [3.63, 3.8) is 0 Å². The fourth-order valence-electron chi connectivity index (χ4n) is 2.13. The van der Waals surface area contributed by atoms with Crippen LogP contribution in [0.3, 0.4) is 0 Å². The molecule has 0 aliphatic heterocycles. The monoisotopic (exact) mass is 362 g/mol. The molecule has 0 amide bonds. The summed E-state index contributed by atoms with van der Waals surface area (Å²) < 4.78 is 32.9. The number of thioether (sulfide) groups is 1. The topological polar surface area (TPSA) is 90.5 Å². The molecule has 0 fully saturated rings. The maximum absolute atomic E-state index is 11.7. The van der Waals surface area contributed by atoms with Crippen molar-refractivity contribution in [3.05, 3.63) is 42.0 Å². The van der Waals surface area contributed by atoms with E-state index >= 15 is 0 Å². The standard InChI is InChI=1S/C15H10N2O3S3/c1-10-6-11(17-9-21)2-4-13(10)14-5-3-12(22-8-16)7-15(14)23(18,19)20/h2-7H,1H3,(H,18,19,20). The number of nitrogens with zero attached hydrogens (tertiary/aromatic N) is 2. The van der Waals surface area contributed by atoms with Gasteiger partial charge in [-0.15, -0.1) is 0 Å². The number of isothiocyanates is 1. The van der Waals surface area contributed by atoms with E-state index in [2.05, 4.69) is 22.4 Å². The van der Waals surface area contributed by atoms with Crippen molar-refractivity contribution in [2.45, 2.75) is 16.7 Å². The van der Waals surface area contributed by atoms with E-state index in [-0.39, 0.29) is 4.90 Å². The highest BCUT2D eigenvalue weighted by Crippen LogP contribution is 2.34. The average molecular weight is 362 g/mol. The Kier molecular flexibility index (Phi) is 5.31. The number of hydrogen-bond donors (Lipinski definition) is 1. The summed E-state index contributed by atoms with van der Waals surface area (Å²) in [6.45, 7) is 1.80.